The molecule has 2 aliphatic rings. The van der Waals surface area contributed by atoms with Gasteiger partial charge in [0.1, 0.15) is 5.60 Å². The van der Waals surface area contributed by atoms with Crippen LogP contribution in [0.4, 0.5) is 0 Å². The number of furan rings is 1. The molecule has 1 unspecified atom stereocenters. The molecule has 3 rings (SSSR count). The minimum atomic E-state index is -1.54. The Labute approximate surface area is 161 Å². The fourth-order valence-corrected chi connectivity index (χ4v) is 5.99. The van der Waals surface area contributed by atoms with E-state index in [1.807, 2.05) is 6.07 Å². The van der Waals surface area contributed by atoms with Gasteiger partial charge in [-0.3, -0.25) is 9.59 Å². The van der Waals surface area contributed by atoms with E-state index < -0.39 is 22.6 Å². The normalized spacial score (nSPS) is 38.3. The maximum Gasteiger partial charge on any atom is 0.303 e. The summed E-state index contributed by atoms with van der Waals surface area (Å²) in [7, 11) is 0. The summed E-state index contributed by atoms with van der Waals surface area (Å²) in [6, 6.07) is 1.86. The fraction of sp³-hybridized carbons (Fsp3) is 0.727. The van der Waals surface area contributed by atoms with Crippen LogP contribution in [-0.4, -0.2) is 28.1 Å². The molecule has 0 aliphatic heterocycles. The first kappa shape index (κ1) is 20.1. The average molecular weight is 376 g/mol. The molecule has 5 heteroatoms. The maximum absolute atomic E-state index is 13.3. The highest BCUT2D eigenvalue weighted by molar-refractivity contribution is 5.92. The van der Waals surface area contributed by atoms with Crippen molar-refractivity contribution in [2.45, 2.75) is 84.3 Å². The van der Waals surface area contributed by atoms with Crippen LogP contribution in [0.3, 0.4) is 0 Å². The lowest BCUT2D eigenvalue weighted by molar-refractivity contribution is -0.264. The number of carbonyl (C=O) groups excluding carboxylic acids is 2. The summed E-state index contributed by atoms with van der Waals surface area (Å²) in [5.41, 5.74) is -2.59. The van der Waals surface area contributed by atoms with Crippen LogP contribution in [0.2, 0.25) is 0 Å². The molecule has 1 N–H and O–H groups in total. The highest BCUT2D eigenvalue weighted by atomic mass is 16.6. The number of rotatable bonds is 4. The minimum Gasteiger partial charge on any atom is -0.472 e. The number of Topliss-reactive ketones (excluding diaryl/α,β-unsaturated/α-hetero) is 1. The molecule has 0 radical (unpaired) electrons. The lowest BCUT2D eigenvalue weighted by Crippen LogP contribution is -2.74. The van der Waals surface area contributed by atoms with Gasteiger partial charge >= 0.3 is 5.97 Å². The predicted octanol–water partition coefficient (Wildman–Crippen LogP) is 4.07. The van der Waals surface area contributed by atoms with Crippen molar-refractivity contribution in [1.29, 1.82) is 0 Å². The van der Waals surface area contributed by atoms with Crippen molar-refractivity contribution in [3.05, 3.63) is 24.2 Å². The summed E-state index contributed by atoms with van der Waals surface area (Å²) in [5, 5.41) is 12.2. The first-order chi connectivity index (χ1) is 12.5. The third-order valence-electron chi connectivity index (χ3n) is 7.59. The van der Waals surface area contributed by atoms with Crippen molar-refractivity contribution < 1.29 is 23.8 Å². The molecule has 2 aliphatic carbocycles. The summed E-state index contributed by atoms with van der Waals surface area (Å²) < 4.78 is 10.8. The standard InChI is InChI=1S/C22H32O5/c1-15(23)27-21(5)18(24)13-17-19(2,3)9-6-10-20(17,4)22(21,25)11-7-16-8-12-26-14-16/h8,12,14,17,25H,6-7,9-11,13H2,1-5H3/t17?,20-,21-,22-/m0/s1. The number of aryl methyl sites for hydroxylation is 1. The number of fused-ring (bicyclic) bond motifs is 1. The number of hydrogen-bond acceptors (Lipinski definition) is 5. The number of hydrogen-bond donors (Lipinski definition) is 1. The van der Waals surface area contributed by atoms with E-state index in [1.54, 1.807) is 19.5 Å². The topological polar surface area (TPSA) is 76.7 Å². The van der Waals surface area contributed by atoms with Gasteiger partial charge in [0.25, 0.3) is 0 Å². The van der Waals surface area contributed by atoms with Crippen molar-refractivity contribution in [3.63, 3.8) is 0 Å². The Balaban J connectivity index is 2.09. The minimum absolute atomic E-state index is 0.0456. The van der Waals surface area contributed by atoms with E-state index in [9.17, 15) is 14.7 Å². The number of esters is 1. The van der Waals surface area contributed by atoms with Crippen molar-refractivity contribution in [2.24, 2.45) is 16.7 Å². The molecule has 2 saturated carbocycles. The summed E-state index contributed by atoms with van der Waals surface area (Å²) in [6.07, 6.45) is 7.31. The highest BCUT2D eigenvalue weighted by Crippen LogP contribution is 2.64. The van der Waals surface area contributed by atoms with Crippen LogP contribution in [-0.2, 0) is 20.7 Å². The molecule has 2 fully saturated rings. The van der Waals surface area contributed by atoms with E-state index in [0.717, 1.165) is 24.8 Å². The number of ether oxygens (including phenoxy) is 1. The van der Waals surface area contributed by atoms with Crippen LogP contribution >= 0.6 is 0 Å². The van der Waals surface area contributed by atoms with Gasteiger partial charge < -0.3 is 14.3 Å². The average Bonchev–Trinajstić information content (AvgIpc) is 3.07. The number of carbonyl (C=O) groups is 2. The highest BCUT2D eigenvalue weighted by Gasteiger charge is 2.71. The summed E-state index contributed by atoms with van der Waals surface area (Å²) in [4.78, 5) is 25.1. The third-order valence-corrected chi connectivity index (χ3v) is 7.59. The molecule has 0 amide bonds. The molecular weight excluding hydrogens is 344 g/mol. The van der Waals surface area contributed by atoms with Crippen LogP contribution in [0, 0.1) is 16.7 Å². The van der Waals surface area contributed by atoms with Crippen LogP contribution in [0.25, 0.3) is 0 Å². The van der Waals surface area contributed by atoms with E-state index >= 15 is 0 Å². The smallest absolute Gasteiger partial charge is 0.303 e. The van der Waals surface area contributed by atoms with Gasteiger partial charge in [0.2, 0.25) is 0 Å². The second kappa shape index (κ2) is 6.47. The number of ketones is 1. The fourth-order valence-electron chi connectivity index (χ4n) is 5.99. The molecule has 1 aromatic heterocycles. The van der Waals surface area contributed by atoms with Crippen molar-refractivity contribution in [2.75, 3.05) is 0 Å². The first-order valence-corrected chi connectivity index (χ1v) is 9.93. The van der Waals surface area contributed by atoms with E-state index in [0.29, 0.717) is 19.3 Å². The van der Waals surface area contributed by atoms with Gasteiger partial charge in [0.05, 0.1) is 12.5 Å². The second-order valence-corrected chi connectivity index (χ2v) is 9.56. The lowest BCUT2D eigenvalue weighted by Gasteiger charge is -2.64. The lowest BCUT2D eigenvalue weighted by atomic mass is 9.42. The zero-order valence-corrected chi connectivity index (χ0v) is 17.1. The predicted molar refractivity (Wildman–Crippen MR) is 101 cm³/mol. The van der Waals surface area contributed by atoms with Crippen molar-refractivity contribution in [3.8, 4) is 0 Å². The largest absolute Gasteiger partial charge is 0.472 e. The summed E-state index contributed by atoms with van der Waals surface area (Å²) >= 11 is 0. The van der Waals surface area contributed by atoms with Crippen LogP contribution in [0.5, 0.6) is 0 Å². The Bertz CT molecular complexity index is 721. The first-order valence-electron chi connectivity index (χ1n) is 9.93. The monoisotopic (exact) mass is 376 g/mol. The molecule has 0 bridgehead atoms. The summed E-state index contributed by atoms with van der Waals surface area (Å²) in [6.45, 7) is 9.37. The Morgan fingerprint density at radius 1 is 1.30 bits per heavy atom. The zero-order chi connectivity index (χ0) is 20.1. The van der Waals surface area contributed by atoms with E-state index in [4.69, 9.17) is 9.15 Å². The molecule has 27 heavy (non-hydrogen) atoms. The van der Waals surface area contributed by atoms with E-state index in [2.05, 4.69) is 20.8 Å². The quantitative estimate of drug-likeness (QED) is 0.802. The molecule has 150 valence electrons. The molecule has 4 atom stereocenters. The van der Waals surface area contributed by atoms with E-state index in [1.165, 1.54) is 6.92 Å². The third kappa shape index (κ3) is 2.95. The van der Waals surface area contributed by atoms with Crippen LogP contribution in [0.1, 0.15) is 72.3 Å². The van der Waals surface area contributed by atoms with Gasteiger partial charge in [-0.15, -0.1) is 0 Å². The summed E-state index contributed by atoms with van der Waals surface area (Å²) in [5.74, 6) is -0.668. The Morgan fingerprint density at radius 2 is 2.00 bits per heavy atom. The second-order valence-electron chi connectivity index (χ2n) is 9.56. The SMILES string of the molecule is CC(=O)O[C@@]1(C)C(=O)CC2C(C)(C)CCC[C@]2(C)[C@@]1(O)CCc1ccoc1. The Morgan fingerprint density at radius 3 is 2.59 bits per heavy atom. The van der Waals surface area contributed by atoms with Gasteiger partial charge in [0, 0.05) is 18.8 Å². The zero-order valence-electron chi connectivity index (χ0n) is 17.1. The van der Waals surface area contributed by atoms with Gasteiger partial charge in [-0.2, -0.15) is 0 Å². The van der Waals surface area contributed by atoms with Gasteiger partial charge in [-0.05, 0) is 55.6 Å². The molecular formula is C22H32O5. The Hall–Kier alpha value is -1.62. The van der Waals surface area contributed by atoms with Crippen LogP contribution < -0.4 is 0 Å². The molecule has 1 aromatic rings. The van der Waals surface area contributed by atoms with Gasteiger partial charge in [-0.1, -0.05) is 27.2 Å². The molecule has 0 aromatic carbocycles. The van der Waals surface area contributed by atoms with Crippen LogP contribution in [0.15, 0.2) is 23.0 Å². The molecule has 1 heterocycles. The van der Waals surface area contributed by atoms with Crippen molar-refractivity contribution >= 4 is 11.8 Å². The molecule has 0 spiro atoms. The number of aliphatic hydroxyl groups is 1. The maximum atomic E-state index is 13.3. The van der Waals surface area contributed by atoms with Crippen molar-refractivity contribution in [1.82, 2.24) is 0 Å². The van der Waals surface area contributed by atoms with Gasteiger partial charge in [0.15, 0.2) is 11.4 Å². The van der Waals surface area contributed by atoms with E-state index in [-0.39, 0.29) is 17.1 Å². The molecule has 0 saturated heterocycles. The van der Waals surface area contributed by atoms with Gasteiger partial charge in [-0.25, -0.2) is 0 Å². The molecule has 5 nitrogen and oxygen atoms in total. The Kier molecular flexibility index (Phi) is 4.82.